The molecule has 5 nitrogen and oxygen atoms in total. The quantitative estimate of drug-likeness (QED) is 0.741. The van der Waals surface area contributed by atoms with Gasteiger partial charge >= 0.3 is 0 Å². The number of hydrogen-bond donors (Lipinski definition) is 3. The second-order valence-electron chi connectivity index (χ2n) is 6.00. The third-order valence-electron chi connectivity index (χ3n) is 4.10. The monoisotopic (exact) mass is 287 g/mol. The van der Waals surface area contributed by atoms with Crippen LogP contribution in [0.4, 0.5) is 5.69 Å². The molecule has 5 heteroatoms. The van der Waals surface area contributed by atoms with Gasteiger partial charge in [-0.15, -0.1) is 0 Å². The normalized spacial score (nSPS) is 18.9. The molecule has 21 heavy (non-hydrogen) atoms. The van der Waals surface area contributed by atoms with Crippen LogP contribution in [0.25, 0.3) is 0 Å². The van der Waals surface area contributed by atoms with Crippen molar-refractivity contribution in [1.29, 1.82) is 0 Å². The van der Waals surface area contributed by atoms with Crippen molar-refractivity contribution in [3.63, 3.8) is 0 Å². The van der Waals surface area contributed by atoms with Crippen LogP contribution in [0, 0.1) is 11.8 Å². The molecule has 2 aliphatic carbocycles. The lowest BCUT2D eigenvalue weighted by Crippen LogP contribution is -2.41. The standard InChI is InChI=1S/C16H21N3O2/c17-9-14(10-4-5-10)19-16(21)12-2-1-3-13(8-12)18-15(20)11-6-7-11/h1-3,8,10-11,14H,4-7,9,17H2,(H,18,20)(H,19,21). The Hall–Kier alpha value is -1.88. The molecule has 0 spiro atoms. The first-order chi connectivity index (χ1) is 10.2. The molecule has 2 amide bonds. The second-order valence-corrected chi connectivity index (χ2v) is 6.00. The molecule has 0 aromatic heterocycles. The fourth-order valence-electron chi connectivity index (χ4n) is 2.45. The Labute approximate surface area is 124 Å². The molecule has 0 aliphatic heterocycles. The van der Waals surface area contributed by atoms with Gasteiger partial charge in [-0.2, -0.15) is 0 Å². The Morgan fingerprint density at radius 2 is 2.00 bits per heavy atom. The summed E-state index contributed by atoms with van der Waals surface area (Å²) in [5, 5.41) is 5.84. The number of anilines is 1. The third kappa shape index (κ3) is 3.61. The lowest BCUT2D eigenvalue weighted by atomic mass is 10.1. The largest absolute Gasteiger partial charge is 0.348 e. The topological polar surface area (TPSA) is 84.2 Å². The van der Waals surface area contributed by atoms with Crippen LogP contribution in [0.2, 0.25) is 0 Å². The summed E-state index contributed by atoms with van der Waals surface area (Å²) in [4.78, 5) is 24.0. The Kier molecular flexibility index (Phi) is 3.92. The SMILES string of the molecule is NCC(NC(=O)c1cccc(NC(=O)C2CC2)c1)C1CC1. The Morgan fingerprint density at radius 3 is 2.62 bits per heavy atom. The maximum absolute atomic E-state index is 12.3. The minimum Gasteiger partial charge on any atom is -0.348 e. The molecule has 1 atom stereocenters. The Morgan fingerprint density at radius 1 is 1.24 bits per heavy atom. The van der Waals surface area contributed by atoms with E-state index in [2.05, 4.69) is 10.6 Å². The van der Waals surface area contributed by atoms with E-state index in [4.69, 9.17) is 5.73 Å². The highest BCUT2D eigenvalue weighted by Crippen LogP contribution is 2.32. The molecule has 2 fully saturated rings. The van der Waals surface area contributed by atoms with Crippen LogP contribution < -0.4 is 16.4 Å². The molecule has 0 heterocycles. The van der Waals surface area contributed by atoms with Gasteiger partial charge in [0.25, 0.3) is 5.91 Å². The second kappa shape index (κ2) is 5.85. The van der Waals surface area contributed by atoms with Crippen LogP contribution in [-0.4, -0.2) is 24.4 Å². The van der Waals surface area contributed by atoms with E-state index in [-0.39, 0.29) is 23.8 Å². The minimum atomic E-state index is -0.125. The maximum Gasteiger partial charge on any atom is 0.251 e. The number of hydrogen-bond acceptors (Lipinski definition) is 3. The van der Waals surface area contributed by atoms with Gasteiger partial charge in [0.1, 0.15) is 0 Å². The van der Waals surface area contributed by atoms with Crippen molar-refractivity contribution in [1.82, 2.24) is 5.32 Å². The number of carbonyl (C=O) groups is 2. The van der Waals surface area contributed by atoms with Crippen molar-refractivity contribution in [3.8, 4) is 0 Å². The van der Waals surface area contributed by atoms with Gasteiger partial charge in [0.15, 0.2) is 0 Å². The average Bonchev–Trinajstić information content (AvgIpc) is 3.37. The van der Waals surface area contributed by atoms with E-state index in [1.165, 1.54) is 0 Å². The van der Waals surface area contributed by atoms with Crippen molar-refractivity contribution >= 4 is 17.5 Å². The van der Waals surface area contributed by atoms with Crippen molar-refractivity contribution < 1.29 is 9.59 Å². The van der Waals surface area contributed by atoms with Crippen molar-refractivity contribution in [2.45, 2.75) is 31.7 Å². The van der Waals surface area contributed by atoms with Gasteiger partial charge in [0.05, 0.1) is 0 Å². The molecule has 3 rings (SSSR count). The molecule has 2 saturated carbocycles. The maximum atomic E-state index is 12.3. The van der Waals surface area contributed by atoms with E-state index >= 15 is 0 Å². The number of amides is 2. The van der Waals surface area contributed by atoms with Crippen molar-refractivity contribution in [2.24, 2.45) is 17.6 Å². The van der Waals surface area contributed by atoms with Crippen molar-refractivity contribution in [2.75, 3.05) is 11.9 Å². The highest BCUT2D eigenvalue weighted by Gasteiger charge is 2.31. The molecule has 1 aromatic rings. The lowest BCUT2D eigenvalue weighted by Gasteiger charge is -2.16. The first-order valence-electron chi connectivity index (χ1n) is 7.59. The fraction of sp³-hybridized carbons (Fsp3) is 0.500. The van der Waals surface area contributed by atoms with Crippen molar-refractivity contribution in [3.05, 3.63) is 29.8 Å². The zero-order chi connectivity index (χ0) is 14.8. The predicted molar refractivity (Wildman–Crippen MR) is 80.8 cm³/mol. The zero-order valence-corrected chi connectivity index (χ0v) is 12.0. The van der Waals surface area contributed by atoms with Gasteiger partial charge in [-0.1, -0.05) is 6.07 Å². The van der Waals surface area contributed by atoms with E-state index in [0.717, 1.165) is 25.7 Å². The van der Waals surface area contributed by atoms with Gasteiger partial charge in [-0.05, 0) is 49.8 Å². The highest BCUT2D eigenvalue weighted by molar-refractivity contribution is 5.98. The Bertz CT molecular complexity index is 550. The molecule has 1 aromatic carbocycles. The molecular weight excluding hydrogens is 266 g/mol. The smallest absolute Gasteiger partial charge is 0.251 e. The zero-order valence-electron chi connectivity index (χ0n) is 12.0. The van der Waals surface area contributed by atoms with E-state index in [1.807, 2.05) is 0 Å². The molecule has 0 saturated heterocycles. The predicted octanol–water partition coefficient (Wildman–Crippen LogP) is 1.50. The number of carbonyl (C=O) groups excluding carboxylic acids is 2. The first kappa shape index (κ1) is 14.1. The summed E-state index contributed by atoms with van der Waals surface area (Å²) < 4.78 is 0. The molecule has 112 valence electrons. The summed E-state index contributed by atoms with van der Waals surface area (Å²) in [6, 6.07) is 7.12. The molecule has 0 bridgehead atoms. The summed E-state index contributed by atoms with van der Waals surface area (Å²) in [5.41, 5.74) is 6.94. The van der Waals surface area contributed by atoms with E-state index in [1.54, 1.807) is 24.3 Å². The summed E-state index contributed by atoms with van der Waals surface area (Å²) >= 11 is 0. The lowest BCUT2D eigenvalue weighted by molar-refractivity contribution is -0.117. The Balaban J connectivity index is 1.63. The van der Waals surface area contributed by atoms with Gasteiger partial charge < -0.3 is 16.4 Å². The van der Waals surface area contributed by atoms with Gasteiger partial charge in [-0.25, -0.2) is 0 Å². The van der Waals surface area contributed by atoms with E-state index in [0.29, 0.717) is 23.7 Å². The number of nitrogens with two attached hydrogens (primary N) is 1. The fourth-order valence-corrected chi connectivity index (χ4v) is 2.45. The van der Waals surface area contributed by atoms with Gasteiger partial charge in [0.2, 0.25) is 5.91 Å². The van der Waals surface area contributed by atoms with Crippen LogP contribution >= 0.6 is 0 Å². The van der Waals surface area contributed by atoms with E-state index < -0.39 is 0 Å². The molecule has 2 aliphatic rings. The summed E-state index contributed by atoms with van der Waals surface area (Å²) in [7, 11) is 0. The van der Waals surface area contributed by atoms with Crippen LogP contribution in [0.15, 0.2) is 24.3 Å². The molecule has 1 unspecified atom stereocenters. The van der Waals surface area contributed by atoms with Crippen LogP contribution in [0.1, 0.15) is 36.0 Å². The number of rotatable bonds is 6. The number of benzene rings is 1. The van der Waals surface area contributed by atoms with Crippen LogP contribution in [0.5, 0.6) is 0 Å². The summed E-state index contributed by atoms with van der Waals surface area (Å²) in [6.07, 6.45) is 4.20. The first-order valence-corrected chi connectivity index (χ1v) is 7.59. The summed E-state index contributed by atoms with van der Waals surface area (Å²) in [6.45, 7) is 0.467. The minimum absolute atomic E-state index is 0.0466. The molecule has 0 radical (unpaired) electrons. The van der Waals surface area contributed by atoms with E-state index in [9.17, 15) is 9.59 Å². The summed E-state index contributed by atoms with van der Waals surface area (Å²) in [5.74, 6) is 0.598. The average molecular weight is 287 g/mol. The third-order valence-corrected chi connectivity index (χ3v) is 4.10. The van der Waals surface area contributed by atoms with Gasteiger partial charge in [0, 0.05) is 29.8 Å². The highest BCUT2D eigenvalue weighted by atomic mass is 16.2. The molecular formula is C16H21N3O2. The van der Waals surface area contributed by atoms with Gasteiger partial charge in [-0.3, -0.25) is 9.59 Å². The van der Waals surface area contributed by atoms with Crippen LogP contribution in [0.3, 0.4) is 0 Å². The number of nitrogens with one attached hydrogen (secondary N) is 2. The molecule has 4 N–H and O–H groups in total. The van der Waals surface area contributed by atoms with Crippen LogP contribution in [-0.2, 0) is 4.79 Å².